The molecule has 3 aromatic heterocycles. The molecule has 4 aliphatic rings. The maximum Gasteiger partial charge on any atom is 0.257 e. The third kappa shape index (κ3) is 2.36. The van der Waals surface area contributed by atoms with Crippen LogP contribution < -0.4 is 10.2 Å². The first-order chi connectivity index (χ1) is 14.6. The summed E-state index contributed by atoms with van der Waals surface area (Å²) in [6.07, 6.45) is 9.38. The lowest BCUT2D eigenvalue weighted by molar-refractivity contribution is 0.0930. The number of piperidine rings is 1. The van der Waals surface area contributed by atoms with Crippen LogP contribution in [-0.2, 0) is 6.42 Å². The van der Waals surface area contributed by atoms with Crippen LogP contribution in [0.3, 0.4) is 0 Å². The Morgan fingerprint density at radius 1 is 1.23 bits per heavy atom. The van der Waals surface area contributed by atoms with Crippen molar-refractivity contribution in [2.24, 2.45) is 11.8 Å². The van der Waals surface area contributed by atoms with E-state index in [1.165, 1.54) is 12.6 Å². The summed E-state index contributed by atoms with van der Waals surface area (Å²) in [6.45, 7) is 0.897. The van der Waals surface area contributed by atoms with Gasteiger partial charge in [0, 0.05) is 24.0 Å². The lowest BCUT2D eigenvalue weighted by Crippen LogP contribution is -2.37. The average Bonchev–Trinajstić information content (AvgIpc) is 3.60. The van der Waals surface area contributed by atoms with Crippen molar-refractivity contribution >= 4 is 17.4 Å². The van der Waals surface area contributed by atoms with Crippen molar-refractivity contribution in [3.63, 3.8) is 0 Å². The van der Waals surface area contributed by atoms with E-state index in [-0.39, 0.29) is 23.3 Å². The van der Waals surface area contributed by atoms with Gasteiger partial charge in [0.2, 0.25) is 0 Å². The Hall–Kier alpha value is -3.03. The first-order valence-electron chi connectivity index (χ1n) is 10.7. The predicted octanol–water partition coefficient (Wildman–Crippen LogP) is 2.67. The number of hydrogen-bond acceptors (Lipinski definition) is 5. The second-order valence-electron chi connectivity index (χ2n) is 9.29. The fourth-order valence-corrected chi connectivity index (χ4v) is 5.48. The lowest BCUT2D eigenvalue weighted by Gasteiger charge is -2.30. The van der Waals surface area contributed by atoms with E-state index in [4.69, 9.17) is 4.98 Å². The number of carbonyl (C=O) groups excluding carboxylic acids is 1. The standard InChI is InChI=1S/C22H21FN6O/c23-13-8-15-17(24-9-13)1-3-22(4-5-22)27-21(30)16-10-25-29-6-2-18(26-20(16)29)28-11-12-7-14(12)19(15)28/h2,6,8-10,12,14,19H,1,3-5,7,11H2,(H,27,30)/t12-,14-,19-/m1/s1. The fourth-order valence-electron chi connectivity index (χ4n) is 5.48. The minimum absolute atomic E-state index is 0.0779. The normalized spacial score (nSPS) is 28.2. The van der Waals surface area contributed by atoms with Crippen LogP contribution in [-0.4, -0.2) is 37.6 Å². The summed E-state index contributed by atoms with van der Waals surface area (Å²) in [5.41, 5.74) is 2.79. The quantitative estimate of drug-likeness (QED) is 0.624. The molecule has 7 nitrogen and oxygen atoms in total. The minimum Gasteiger partial charge on any atom is -0.349 e. The molecule has 0 unspecified atom stereocenters. The number of hydrogen-bond donors (Lipinski definition) is 1. The van der Waals surface area contributed by atoms with E-state index in [0.717, 1.165) is 49.3 Å². The van der Waals surface area contributed by atoms with Crippen LogP contribution in [0.2, 0.25) is 0 Å². The highest BCUT2D eigenvalue weighted by Crippen LogP contribution is 2.58. The predicted molar refractivity (Wildman–Crippen MR) is 107 cm³/mol. The number of aryl methyl sites for hydroxylation is 1. The maximum absolute atomic E-state index is 14.3. The summed E-state index contributed by atoms with van der Waals surface area (Å²) in [5, 5.41) is 7.55. The number of fused-ring (bicyclic) bond motifs is 7. The number of aromatic nitrogens is 4. The van der Waals surface area contributed by atoms with Gasteiger partial charge in [0.15, 0.2) is 5.65 Å². The Balaban J connectivity index is 1.43. The summed E-state index contributed by atoms with van der Waals surface area (Å²) in [5.74, 6) is 1.51. The van der Waals surface area contributed by atoms with Crippen LogP contribution in [0.4, 0.5) is 10.2 Å². The van der Waals surface area contributed by atoms with Crippen molar-refractivity contribution in [1.82, 2.24) is 24.9 Å². The van der Waals surface area contributed by atoms with Gasteiger partial charge in [-0.2, -0.15) is 5.10 Å². The van der Waals surface area contributed by atoms with E-state index in [0.29, 0.717) is 23.0 Å². The van der Waals surface area contributed by atoms with Gasteiger partial charge in [0.25, 0.3) is 5.91 Å². The molecule has 3 fully saturated rings. The molecule has 30 heavy (non-hydrogen) atoms. The highest BCUT2D eigenvalue weighted by molar-refractivity contribution is 6.00. The molecule has 152 valence electrons. The van der Waals surface area contributed by atoms with Gasteiger partial charge in [-0.3, -0.25) is 9.78 Å². The molecule has 0 radical (unpaired) electrons. The number of halogens is 1. The number of rotatable bonds is 0. The monoisotopic (exact) mass is 404 g/mol. The second kappa shape index (κ2) is 5.56. The van der Waals surface area contributed by atoms with Crippen LogP contribution in [0.5, 0.6) is 0 Å². The second-order valence-corrected chi connectivity index (χ2v) is 9.29. The number of anilines is 1. The van der Waals surface area contributed by atoms with Gasteiger partial charge in [0.05, 0.1) is 18.4 Å². The Bertz CT molecular complexity index is 1220. The van der Waals surface area contributed by atoms with Gasteiger partial charge in [-0.05, 0) is 61.6 Å². The summed E-state index contributed by atoms with van der Waals surface area (Å²) in [7, 11) is 0. The lowest BCUT2D eigenvalue weighted by atomic mass is 9.96. The molecule has 3 atom stereocenters. The molecule has 0 aromatic carbocycles. The minimum atomic E-state index is -0.293. The molecule has 2 aliphatic carbocycles. The molecule has 5 heterocycles. The third-order valence-electron chi connectivity index (χ3n) is 7.40. The Labute approximate surface area is 172 Å². The molecule has 1 spiro atoms. The van der Waals surface area contributed by atoms with Gasteiger partial charge in [-0.15, -0.1) is 0 Å². The molecule has 2 saturated carbocycles. The van der Waals surface area contributed by atoms with Crippen LogP contribution in [0.1, 0.15) is 53.3 Å². The van der Waals surface area contributed by atoms with Gasteiger partial charge in [-0.1, -0.05) is 0 Å². The number of carbonyl (C=O) groups is 1. The Morgan fingerprint density at radius 2 is 2.13 bits per heavy atom. The Kier molecular flexibility index (Phi) is 3.10. The molecular weight excluding hydrogens is 383 g/mol. The molecule has 2 aliphatic heterocycles. The average molecular weight is 404 g/mol. The van der Waals surface area contributed by atoms with Crippen molar-refractivity contribution in [3.05, 3.63) is 53.4 Å². The zero-order valence-electron chi connectivity index (χ0n) is 16.4. The topological polar surface area (TPSA) is 75.4 Å². The molecular formula is C22H21FN6O. The number of nitrogens with zero attached hydrogens (tertiary/aromatic N) is 5. The van der Waals surface area contributed by atoms with E-state index in [2.05, 4.69) is 20.3 Å². The Morgan fingerprint density at radius 3 is 3.00 bits per heavy atom. The number of nitrogens with one attached hydrogen (secondary N) is 1. The highest BCUT2D eigenvalue weighted by atomic mass is 19.1. The molecule has 8 heteroatoms. The molecule has 1 N–H and O–H groups in total. The van der Waals surface area contributed by atoms with Crippen molar-refractivity contribution in [3.8, 4) is 0 Å². The van der Waals surface area contributed by atoms with Gasteiger partial charge in [0.1, 0.15) is 17.2 Å². The van der Waals surface area contributed by atoms with E-state index in [1.54, 1.807) is 16.8 Å². The van der Waals surface area contributed by atoms with Crippen molar-refractivity contribution in [1.29, 1.82) is 0 Å². The van der Waals surface area contributed by atoms with Crippen molar-refractivity contribution in [2.75, 3.05) is 11.4 Å². The number of pyridine rings is 1. The molecule has 1 amide bonds. The summed E-state index contributed by atoms with van der Waals surface area (Å²) < 4.78 is 15.9. The number of amides is 1. The van der Waals surface area contributed by atoms with E-state index >= 15 is 0 Å². The van der Waals surface area contributed by atoms with E-state index in [9.17, 15) is 9.18 Å². The zero-order chi connectivity index (χ0) is 20.0. The molecule has 7 rings (SSSR count). The highest BCUT2D eigenvalue weighted by Gasteiger charge is 2.54. The van der Waals surface area contributed by atoms with Gasteiger partial charge >= 0.3 is 0 Å². The van der Waals surface area contributed by atoms with E-state index < -0.39 is 0 Å². The van der Waals surface area contributed by atoms with Crippen LogP contribution in [0, 0.1) is 17.7 Å². The summed E-state index contributed by atoms with van der Waals surface area (Å²) in [4.78, 5) is 24.7. The largest absolute Gasteiger partial charge is 0.349 e. The smallest absolute Gasteiger partial charge is 0.257 e. The fraction of sp³-hybridized carbons (Fsp3) is 0.455. The van der Waals surface area contributed by atoms with Crippen LogP contribution >= 0.6 is 0 Å². The SMILES string of the molecule is O=C1NC2(CCc3ncc(F)cc3[C@H]3[C@@H]4C[C@@H]4CN3c3ccn4ncc1c4n3)CC2. The zero-order valence-corrected chi connectivity index (χ0v) is 16.4. The molecule has 1 saturated heterocycles. The first kappa shape index (κ1) is 16.7. The molecule has 3 aromatic rings. The van der Waals surface area contributed by atoms with Gasteiger partial charge < -0.3 is 10.2 Å². The van der Waals surface area contributed by atoms with Gasteiger partial charge in [-0.25, -0.2) is 13.9 Å². The maximum atomic E-state index is 14.3. The molecule has 2 bridgehead atoms. The van der Waals surface area contributed by atoms with Crippen molar-refractivity contribution < 1.29 is 9.18 Å². The van der Waals surface area contributed by atoms with Crippen LogP contribution in [0.15, 0.2) is 30.7 Å². The van der Waals surface area contributed by atoms with Crippen molar-refractivity contribution in [2.45, 2.75) is 43.7 Å². The van der Waals surface area contributed by atoms with Crippen LogP contribution in [0.25, 0.3) is 5.65 Å². The van der Waals surface area contributed by atoms with E-state index in [1.807, 2.05) is 12.3 Å². The first-order valence-corrected chi connectivity index (χ1v) is 10.7. The summed E-state index contributed by atoms with van der Waals surface area (Å²) in [6, 6.07) is 3.68. The summed E-state index contributed by atoms with van der Waals surface area (Å²) >= 11 is 0. The third-order valence-corrected chi connectivity index (χ3v) is 7.40.